The van der Waals surface area contributed by atoms with Gasteiger partial charge in [0.2, 0.25) is 5.28 Å². The van der Waals surface area contributed by atoms with Crippen LogP contribution in [0.1, 0.15) is 11.1 Å². The van der Waals surface area contributed by atoms with Crippen molar-refractivity contribution < 1.29 is 27.6 Å². The van der Waals surface area contributed by atoms with E-state index in [2.05, 4.69) is 29.9 Å². The summed E-state index contributed by atoms with van der Waals surface area (Å²) in [4.78, 5) is 26.0. The number of aromatic nitrogens is 6. The molecule has 16 heteroatoms. The highest BCUT2D eigenvalue weighted by molar-refractivity contribution is 6.58. The van der Waals surface area contributed by atoms with E-state index in [0.717, 1.165) is 34.4 Å². The Morgan fingerprint density at radius 3 is 1.13 bits per heavy atom. The zero-order chi connectivity index (χ0) is 42.6. The lowest BCUT2D eigenvalue weighted by atomic mass is 9.79. The monoisotopic (exact) mass is 820 g/mol. The van der Waals surface area contributed by atoms with Crippen LogP contribution < -0.4 is 5.46 Å². The molecular weight excluding hydrogens is 795 g/mol. The number of rotatable bonds is 6. The Hall–Kier alpha value is -7.69. The minimum atomic E-state index is -2.08. The summed E-state index contributed by atoms with van der Waals surface area (Å²) in [5.74, 6) is -1.77. The summed E-state index contributed by atoms with van der Waals surface area (Å²) < 4.78 is 54.3. The Morgan fingerprint density at radius 1 is 0.433 bits per heavy atom. The number of nitrogens with zero attached hydrogens (tertiary/aromatic N) is 8. The van der Waals surface area contributed by atoms with Crippen LogP contribution in [-0.4, -0.2) is 47.1 Å². The predicted octanol–water partition coefficient (Wildman–Crippen LogP) is 8.40. The summed E-state index contributed by atoms with van der Waals surface area (Å²) in [5.41, 5.74) is 1.72. The normalized spacial score (nSPS) is 10.2. The van der Waals surface area contributed by atoms with Gasteiger partial charge < -0.3 is 10.0 Å². The van der Waals surface area contributed by atoms with E-state index in [1.54, 1.807) is 6.07 Å². The van der Waals surface area contributed by atoms with Crippen molar-refractivity contribution in [3.8, 4) is 69.1 Å². The fourth-order valence-electron chi connectivity index (χ4n) is 5.36. The zero-order valence-electron chi connectivity index (χ0n) is 30.8. The first-order valence-electron chi connectivity index (χ1n) is 17.6. The zero-order valence-corrected chi connectivity index (χ0v) is 31.6. The number of hydrogen-bond acceptors (Lipinski definition) is 10. The standard InChI is InChI=1S/C22H12F2N4.C15H10ClN3.C7H4BF2NO2/c23-18-12-17(19(24)11-16(18)13-25)22-27-20(14-7-3-1-4-8-14)26-21(28-22)15-9-5-2-6-10-15;16-15-18-13(11-7-3-1-4-8-11)17-14(19-15)12-9-5-2-6-10-12;9-6-2-5(8(12)13)7(10)1-4(6)3-11/h1-12H;1-10H;1-2,12-13H. The van der Waals surface area contributed by atoms with Gasteiger partial charge in [0, 0.05) is 27.7 Å². The van der Waals surface area contributed by atoms with Gasteiger partial charge in [0.1, 0.15) is 35.4 Å². The van der Waals surface area contributed by atoms with Crippen LogP contribution in [0.25, 0.3) is 56.9 Å². The van der Waals surface area contributed by atoms with E-state index in [4.69, 9.17) is 32.2 Å². The van der Waals surface area contributed by atoms with Gasteiger partial charge in [-0.2, -0.15) is 20.5 Å². The fourth-order valence-corrected chi connectivity index (χ4v) is 5.52. The molecule has 0 fully saturated rings. The van der Waals surface area contributed by atoms with E-state index in [0.29, 0.717) is 35.4 Å². The van der Waals surface area contributed by atoms with Gasteiger partial charge in [0.15, 0.2) is 29.1 Å². The molecule has 2 heterocycles. The molecule has 0 saturated carbocycles. The van der Waals surface area contributed by atoms with Crippen molar-refractivity contribution in [2.24, 2.45) is 0 Å². The SMILES string of the molecule is Clc1nc(-c2ccccc2)nc(-c2ccccc2)n1.N#Cc1cc(F)c(-c2nc(-c3ccccc3)nc(-c3ccccc3)n2)cc1F.N#Cc1cc(F)c(B(O)O)cc1F. The van der Waals surface area contributed by atoms with Gasteiger partial charge >= 0.3 is 7.12 Å². The van der Waals surface area contributed by atoms with Crippen molar-refractivity contribution in [2.75, 3.05) is 0 Å². The lowest BCUT2D eigenvalue weighted by Crippen LogP contribution is -2.33. The molecule has 6 aromatic carbocycles. The lowest BCUT2D eigenvalue weighted by molar-refractivity contribution is 0.422. The maximum atomic E-state index is 14.6. The number of halogens is 5. The van der Waals surface area contributed by atoms with E-state index in [1.165, 1.54) is 6.07 Å². The molecule has 0 saturated heterocycles. The maximum absolute atomic E-state index is 14.6. The molecule has 60 heavy (non-hydrogen) atoms. The van der Waals surface area contributed by atoms with Crippen LogP contribution in [0.15, 0.2) is 146 Å². The molecule has 8 rings (SSSR count). The van der Waals surface area contributed by atoms with Gasteiger partial charge in [0.25, 0.3) is 0 Å². The van der Waals surface area contributed by atoms with Crippen molar-refractivity contribution in [1.29, 1.82) is 10.5 Å². The third-order valence-corrected chi connectivity index (χ3v) is 8.44. The Labute approximate surface area is 345 Å². The Kier molecular flexibility index (Phi) is 13.7. The molecule has 0 aliphatic carbocycles. The second-order valence-corrected chi connectivity index (χ2v) is 12.6. The topological polar surface area (TPSA) is 165 Å². The molecule has 0 atom stereocenters. The van der Waals surface area contributed by atoms with Crippen molar-refractivity contribution in [3.05, 3.63) is 185 Å². The summed E-state index contributed by atoms with van der Waals surface area (Å²) in [7, 11) is -2.08. The molecule has 0 unspecified atom stereocenters. The molecule has 0 spiro atoms. The third-order valence-electron chi connectivity index (χ3n) is 8.27. The van der Waals surface area contributed by atoms with Crippen molar-refractivity contribution in [1.82, 2.24) is 29.9 Å². The molecule has 2 aromatic heterocycles. The lowest BCUT2D eigenvalue weighted by Gasteiger charge is -2.09. The summed E-state index contributed by atoms with van der Waals surface area (Å²) in [6, 6.07) is 43.8. The quantitative estimate of drug-likeness (QED) is 0.123. The van der Waals surface area contributed by atoms with Crippen molar-refractivity contribution in [2.45, 2.75) is 0 Å². The molecule has 0 radical (unpaired) electrons. The van der Waals surface area contributed by atoms with Crippen LogP contribution in [0.3, 0.4) is 0 Å². The second kappa shape index (κ2) is 19.6. The van der Waals surface area contributed by atoms with Crippen LogP contribution in [0.5, 0.6) is 0 Å². The molecular formula is C44H26BClF4N8O2. The Balaban J connectivity index is 0.000000163. The number of hydrogen-bond donors (Lipinski definition) is 2. The summed E-state index contributed by atoms with van der Waals surface area (Å²) in [6.07, 6.45) is 0. The highest BCUT2D eigenvalue weighted by atomic mass is 35.5. The minimum absolute atomic E-state index is 0.00593. The number of nitriles is 2. The van der Waals surface area contributed by atoms with E-state index in [-0.39, 0.29) is 22.2 Å². The first-order valence-corrected chi connectivity index (χ1v) is 18.0. The van der Waals surface area contributed by atoms with E-state index in [9.17, 15) is 17.6 Å². The Bertz CT molecular complexity index is 2720. The second-order valence-electron chi connectivity index (χ2n) is 12.3. The average Bonchev–Trinajstić information content (AvgIpc) is 3.28. The van der Waals surface area contributed by atoms with Crippen molar-refractivity contribution >= 4 is 24.2 Å². The minimum Gasteiger partial charge on any atom is -0.423 e. The van der Waals surface area contributed by atoms with Crippen molar-refractivity contribution in [3.63, 3.8) is 0 Å². The van der Waals surface area contributed by atoms with Gasteiger partial charge in [-0.3, -0.25) is 0 Å². The Morgan fingerprint density at radius 2 is 0.767 bits per heavy atom. The van der Waals surface area contributed by atoms with Crippen LogP contribution in [-0.2, 0) is 0 Å². The highest BCUT2D eigenvalue weighted by Gasteiger charge is 2.20. The van der Waals surface area contributed by atoms with Crippen LogP contribution in [0.4, 0.5) is 17.6 Å². The van der Waals surface area contributed by atoms with Gasteiger partial charge in [-0.25, -0.2) is 37.5 Å². The van der Waals surface area contributed by atoms with Gasteiger partial charge in [-0.1, -0.05) is 121 Å². The van der Waals surface area contributed by atoms with E-state index < -0.39 is 41.4 Å². The molecule has 0 bridgehead atoms. The van der Waals surface area contributed by atoms with Crippen LogP contribution in [0.2, 0.25) is 5.28 Å². The summed E-state index contributed by atoms with van der Waals surface area (Å²) >= 11 is 5.99. The molecule has 0 amide bonds. The maximum Gasteiger partial charge on any atom is 0.491 e. The first-order chi connectivity index (χ1) is 29.0. The predicted molar refractivity (Wildman–Crippen MR) is 217 cm³/mol. The molecule has 2 N–H and O–H groups in total. The highest BCUT2D eigenvalue weighted by Crippen LogP contribution is 2.28. The average molecular weight is 821 g/mol. The largest absolute Gasteiger partial charge is 0.491 e. The van der Waals surface area contributed by atoms with E-state index in [1.807, 2.05) is 121 Å². The molecule has 0 aliphatic heterocycles. The molecule has 10 nitrogen and oxygen atoms in total. The smallest absolute Gasteiger partial charge is 0.423 e. The van der Waals surface area contributed by atoms with Gasteiger partial charge in [-0.05, 0) is 35.9 Å². The molecule has 0 aliphatic rings. The van der Waals surface area contributed by atoms with Crippen LogP contribution >= 0.6 is 11.6 Å². The van der Waals surface area contributed by atoms with Gasteiger partial charge in [-0.15, -0.1) is 0 Å². The van der Waals surface area contributed by atoms with Gasteiger partial charge in [0.05, 0.1) is 16.7 Å². The summed E-state index contributed by atoms with van der Waals surface area (Å²) in [6.45, 7) is 0. The first kappa shape index (κ1) is 41.9. The fraction of sp³-hybridized carbons (Fsp3) is 0. The molecule has 292 valence electrons. The van der Waals surface area contributed by atoms with E-state index >= 15 is 0 Å². The summed E-state index contributed by atoms with van der Waals surface area (Å²) in [5, 5.41) is 34.5. The van der Waals surface area contributed by atoms with Crippen LogP contribution in [0, 0.1) is 45.9 Å². The third kappa shape index (κ3) is 10.4. The number of benzene rings is 6. The molecule has 8 aromatic rings.